The lowest BCUT2D eigenvalue weighted by molar-refractivity contribution is 0.156. The number of nitrogens with one attached hydrogen (secondary N) is 1. The van der Waals surface area contributed by atoms with Crippen LogP contribution in [0.15, 0.2) is 61.1 Å². The monoisotopic (exact) mass is 342 g/mol. The number of nitrogens with zero attached hydrogens (tertiary/aromatic N) is 3. The van der Waals surface area contributed by atoms with Gasteiger partial charge >= 0.3 is 0 Å². The number of hydrogen-bond donors (Lipinski definition) is 1. The molecule has 1 saturated heterocycles. The maximum atomic E-state index is 4.55. The van der Waals surface area contributed by atoms with Crippen LogP contribution in [0.4, 0.5) is 0 Å². The molecular weight excluding hydrogens is 320 g/mol. The van der Waals surface area contributed by atoms with Crippen LogP contribution < -0.4 is 0 Å². The van der Waals surface area contributed by atoms with Crippen LogP contribution in [-0.2, 0) is 6.54 Å². The molecule has 130 valence electrons. The van der Waals surface area contributed by atoms with Crippen molar-refractivity contribution in [2.24, 2.45) is 5.92 Å². The van der Waals surface area contributed by atoms with E-state index in [1.807, 2.05) is 12.4 Å². The standard InChI is InChI=1S/C22H22N4/c1-2-4-15(5-3-1)13-25-14-16-10-19(25)20(11-16)26-9-7-17-12-24-22-18(21(17)26)6-8-23-22/h1-9,12,16,19-20H,10-11,13-14H2,(H,23,24)/t16-,19+,20-/m1/s1. The van der Waals surface area contributed by atoms with Gasteiger partial charge in [-0.2, -0.15) is 0 Å². The topological polar surface area (TPSA) is 36.9 Å². The van der Waals surface area contributed by atoms with E-state index in [0.29, 0.717) is 12.1 Å². The molecular formula is C22H22N4. The van der Waals surface area contributed by atoms with Gasteiger partial charge in [-0.15, -0.1) is 0 Å². The van der Waals surface area contributed by atoms with E-state index in [0.717, 1.165) is 18.1 Å². The summed E-state index contributed by atoms with van der Waals surface area (Å²) >= 11 is 0. The van der Waals surface area contributed by atoms with Crippen LogP contribution in [0.2, 0.25) is 0 Å². The molecule has 0 radical (unpaired) electrons. The van der Waals surface area contributed by atoms with Crippen molar-refractivity contribution in [3.8, 4) is 0 Å². The van der Waals surface area contributed by atoms with Gasteiger partial charge in [0.15, 0.2) is 0 Å². The number of aromatic amines is 1. The maximum Gasteiger partial charge on any atom is 0.139 e. The van der Waals surface area contributed by atoms with E-state index < -0.39 is 0 Å². The summed E-state index contributed by atoms with van der Waals surface area (Å²) in [4.78, 5) is 10.5. The second-order valence-electron chi connectivity index (χ2n) is 7.91. The number of benzene rings is 1. The van der Waals surface area contributed by atoms with Crippen LogP contribution in [0.1, 0.15) is 24.4 Å². The van der Waals surface area contributed by atoms with Crippen molar-refractivity contribution in [3.63, 3.8) is 0 Å². The molecule has 0 spiro atoms. The van der Waals surface area contributed by atoms with E-state index in [1.165, 1.54) is 41.2 Å². The number of likely N-dealkylation sites (tertiary alicyclic amines) is 1. The summed E-state index contributed by atoms with van der Waals surface area (Å²) in [6, 6.07) is 16.5. The number of aromatic nitrogens is 3. The largest absolute Gasteiger partial charge is 0.346 e. The van der Waals surface area contributed by atoms with Crippen molar-refractivity contribution < 1.29 is 0 Å². The van der Waals surface area contributed by atoms with Gasteiger partial charge in [0, 0.05) is 54.5 Å². The molecule has 4 aromatic rings. The molecule has 1 aliphatic carbocycles. The van der Waals surface area contributed by atoms with E-state index in [-0.39, 0.29) is 0 Å². The number of H-pyrrole nitrogens is 1. The first-order chi connectivity index (χ1) is 12.9. The van der Waals surface area contributed by atoms with Crippen molar-refractivity contribution in [1.82, 2.24) is 19.4 Å². The fourth-order valence-electron chi connectivity index (χ4n) is 5.33. The van der Waals surface area contributed by atoms with Gasteiger partial charge in [-0.3, -0.25) is 4.90 Å². The first-order valence-corrected chi connectivity index (χ1v) is 9.57. The normalized spacial score (nSPS) is 25.6. The Morgan fingerprint density at radius 1 is 1.04 bits per heavy atom. The van der Waals surface area contributed by atoms with Gasteiger partial charge in [0.05, 0.1) is 5.52 Å². The van der Waals surface area contributed by atoms with Gasteiger partial charge in [0.25, 0.3) is 0 Å². The van der Waals surface area contributed by atoms with E-state index in [2.05, 4.69) is 68.1 Å². The number of piperidine rings is 1. The SMILES string of the molecule is c1ccc(CN2C[C@H]3C[C@@H](n4ccc5cnc6[nH]ccc6c54)[C@@H]2C3)cc1. The molecule has 1 aliphatic heterocycles. The molecule has 2 fully saturated rings. The van der Waals surface area contributed by atoms with Gasteiger partial charge in [-0.1, -0.05) is 30.3 Å². The van der Waals surface area contributed by atoms with Crippen molar-refractivity contribution in [1.29, 1.82) is 0 Å². The minimum absolute atomic E-state index is 0.565. The first kappa shape index (κ1) is 14.6. The molecule has 1 saturated carbocycles. The molecule has 1 aromatic carbocycles. The zero-order valence-electron chi connectivity index (χ0n) is 14.7. The number of rotatable bonds is 3. The van der Waals surface area contributed by atoms with Gasteiger partial charge in [0.2, 0.25) is 0 Å². The van der Waals surface area contributed by atoms with E-state index in [1.54, 1.807) is 0 Å². The van der Waals surface area contributed by atoms with Crippen molar-refractivity contribution in [2.75, 3.05) is 6.54 Å². The minimum atomic E-state index is 0.565. The zero-order chi connectivity index (χ0) is 17.1. The molecule has 1 N–H and O–H groups in total. The number of fused-ring (bicyclic) bond motifs is 5. The fourth-order valence-corrected chi connectivity index (χ4v) is 5.33. The second kappa shape index (κ2) is 5.45. The highest BCUT2D eigenvalue weighted by Crippen LogP contribution is 2.46. The summed E-state index contributed by atoms with van der Waals surface area (Å²) in [6.45, 7) is 2.31. The Hall–Kier alpha value is -2.59. The Balaban J connectivity index is 1.39. The van der Waals surface area contributed by atoms with Crippen molar-refractivity contribution in [3.05, 3.63) is 66.6 Å². The van der Waals surface area contributed by atoms with Gasteiger partial charge in [0.1, 0.15) is 5.65 Å². The van der Waals surface area contributed by atoms with Crippen LogP contribution in [-0.4, -0.2) is 32.0 Å². The Morgan fingerprint density at radius 3 is 2.81 bits per heavy atom. The second-order valence-corrected chi connectivity index (χ2v) is 7.91. The minimum Gasteiger partial charge on any atom is -0.346 e. The van der Waals surface area contributed by atoms with Crippen LogP contribution >= 0.6 is 0 Å². The Morgan fingerprint density at radius 2 is 1.92 bits per heavy atom. The van der Waals surface area contributed by atoms with Crippen LogP contribution in [0.3, 0.4) is 0 Å². The van der Waals surface area contributed by atoms with E-state index >= 15 is 0 Å². The Labute approximate surface area is 152 Å². The third kappa shape index (κ3) is 2.08. The van der Waals surface area contributed by atoms with Crippen LogP contribution in [0.5, 0.6) is 0 Å². The molecule has 3 atom stereocenters. The fraction of sp³-hybridized carbons (Fsp3) is 0.318. The summed E-state index contributed by atoms with van der Waals surface area (Å²) < 4.78 is 2.54. The summed E-state index contributed by atoms with van der Waals surface area (Å²) in [7, 11) is 0. The van der Waals surface area contributed by atoms with Gasteiger partial charge < -0.3 is 9.55 Å². The maximum absolute atomic E-state index is 4.55. The predicted molar refractivity (Wildman–Crippen MR) is 104 cm³/mol. The average Bonchev–Trinajstić information content (AvgIpc) is 3.43. The summed E-state index contributed by atoms with van der Waals surface area (Å²) in [5, 5.41) is 2.49. The molecule has 0 unspecified atom stereocenters. The molecule has 0 amide bonds. The summed E-state index contributed by atoms with van der Waals surface area (Å²) in [6.07, 6.45) is 8.91. The zero-order valence-corrected chi connectivity index (χ0v) is 14.7. The molecule has 2 bridgehead atoms. The summed E-state index contributed by atoms with van der Waals surface area (Å²) in [5.41, 5.74) is 3.75. The van der Waals surface area contributed by atoms with Crippen LogP contribution in [0, 0.1) is 5.92 Å². The molecule has 6 rings (SSSR count). The third-order valence-electron chi connectivity index (χ3n) is 6.40. The number of hydrogen-bond acceptors (Lipinski definition) is 2. The highest BCUT2D eigenvalue weighted by molar-refractivity contribution is 6.02. The van der Waals surface area contributed by atoms with E-state index in [9.17, 15) is 0 Å². The quantitative estimate of drug-likeness (QED) is 0.601. The van der Waals surface area contributed by atoms with E-state index in [4.69, 9.17) is 0 Å². The number of pyridine rings is 1. The lowest BCUT2D eigenvalue weighted by Crippen LogP contribution is -2.38. The van der Waals surface area contributed by atoms with Gasteiger partial charge in [-0.25, -0.2) is 4.98 Å². The highest BCUT2D eigenvalue weighted by atomic mass is 15.2. The molecule has 26 heavy (non-hydrogen) atoms. The average molecular weight is 342 g/mol. The Bertz CT molecular complexity index is 1080. The van der Waals surface area contributed by atoms with Crippen molar-refractivity contribution in [2.45, 2.75) is 31.5 Å². The predicted octanol–water partition coefficient (Wildman–Crippen LogP) is 4.35. The molecule has 4 heteroatoms. The molecule has 4 heterocycles. The summed E-state index contributed by atoms with van der Waals surface area (Å²) in [5.74, 6) is 0.828. The molecule has 4 nitrogen and oxygen atoms in total. The molecule has 3 aromatic heterocycles. The lowest BCUT2D eigenvalue weighted by Gasteiger charge is -2.34. The van der Waals surface area contributed by atoms with Gasteiger partial charge in [-0.05, 0) is 36.5 Å². The smallest absolute Gasteiger partial charge is 0.139 e. The van der Waals surface area contributed by atoms with Crippen molar-refractivity contribution >= 4 is 21.9 Å². The van der Waals surface area contributed by atoms with Crippen LogP contribution in [0.25, 0.3) is 21.9 Å². The highest BCUT2D eigenvalue weighted by Gasteiger charge is 2.45. The third-order valence-corrected chi connectivity index (χ3v) is 6.40. The molecule has 2 aliphatic rings. The Kier molecular flexibility index (Phi) is 3.05. The first-order valence-electron chi connectivity index (χ1n) is 9.57. The lowest BCUT2D eigenvalue weighted by atomic mass is 10.0.